The Morgan fingerprint density at radius 2 is 1.58 bits per heavy atom. The third kappa shape index (κ3) is 4.48. The van der Waals surface area contributed by atoms with E-state index >= 15 is 0 Å². The van der Waals surface area contributed by atoms with Crippen LogP contribution in [0.5, 0.6) is 0 Å². The van der Waals surface area contributed by atoms with Crippen LogP contribution >= 0.6 is 11.8 Å². The molecule has 2 aromatic rings. The molecule has 2 aromatic carbocycles. The summed E-state index contributed by atoms with van der Waals surface area (Å²) in [5.41, 5.74) is 2.21. The summed E-state index contributed by atoms with van der Waals surface area (Å²) in [4.78, 5) is 0. The van der Waals surface area contributed by atoms with Gasteiger partial charge in [0.2, 0.25) is 0 Å². The van der Waals surface area contributed by atoms with Gasteiger partial charge in [-0.1, -0.05) is 60.4 Å². The fourth-order valence-corrected chi connectivity index (χ4v) is 2.52. The summed E-state index contributed by atoms with van der Waals surface area (Å²) in [6.45, 7) is 0.182. The molecule has 0 aliphatic rings. The molecule has 0 aromatic heterocycles. The minimum atomic E-state index is 0.105. The minimum absolute atomic E-state index is 0.105. The van der Waals surface area contributed by atoms with E-state index in [4.69, 9.17) is 5.11 Å². The van der Waals surface area contributed by atoms with Gasteiger partial charge in [0.25, 0.3) is 0 Å². The number of aliphatic hydroxyl groups excluding tert-OH is 1. The van der Waals surface area contributed by atoms with E-state index in [9.17, 15) is 0 Å². The van der Waals surface area contributed by atoms with Gasteiger partial charge in [0.1, 0.15) is 0 Å². The van der Waals surface area contributed by atoms with Crippen molar-refractivity contribution in [1.82, 2.24) is 0 Å². The molecule has 0 spiro atoms. The van der Waals surface area contributed by atoms with Gasteiger partial charge >= 0.3 is 0 Å². The topological polar surface area (TPSA) is 20.2 Å². The smallest absolute Gasteiger partial charge is 0.0910 e. The monoisotopic (exact) mass is 268 g/mol. The summed E-state index contributed by atoms with van der Waals surface area (Å²) in [7, 11) is 0. The molecule has 1 unspecified atom stereocenters. The Labute approximate surface area is 118 Å². The molecule has 19 heavy (non-hydrogen) atoms. The Morgan fingerprint density at radius 3 is 2.21 bits per heavy atom. The summed E-state index contributed by atoms with van der Waals surface area (Å²) in [6.07, 6.45) is 0. The fourth-order valence-electron chi connectivity index (χ4n) is 1.69. The van der Waals surface area contributed by atoms with Gasteiger partial charge in [0, 0.05) is 11.3 Å². The molecular weight excluding hydrogens is 252 g/mol. The zero-order chi connectivity index (χ0) is 13.3. The van der Waals surface area contributed by atoms with E-state index in [2.05, 4.69) is 24.0 Å². The summed E-state index contributed by atoms with van der Waals surface area (Å²) in [5, 5.41) is 9.08. The first-order valence-electron chi connectivity index (χ1n) is 6.24. The number of hydrogen-bond acceptors (Lipinski definition) is 2. The first-order valence-corrected chi connectivity index (χ1v) is 7.29. The lowest BCUT2D eigenvalue weighted by atomic mass is 10.1. The van der Waals surface area contributed by atoms with Crippen LogP contribution in [0.25, 0.3) is 0 Å². The van der Waals surface area contributed by atoms with Crippen LogP contribution < -0.4 is 0 Å². The van der Waals surface area contributed by atoms with Crippen molar-refractivity contribution in [2.75, 3.05) is 12.4 Å². The Morgan fingerprint density at radius 1 is 0.947 bits per heavy atom. The van der Waals surface area contributed by atoms with Gasteiger partial charge in [-0.3, -0.25) is 0 Å². The Hall–Kier alpha value is -1.69. The Kier molecular flexibility index (Phi) is 5.55. The van der Waals surface area contributed by atoms with Gasteiger partial charge in [-0.05, 0) is 17.7 Å². The third-order valence-corrected chi connectivity index (χ3v) is 3.74. The molecule has 2 heteroatoms. The van der Waals surface area contributed by atoms with Crippen LogP contribution in [0.15, 0.2) is 60.7 Å². The number of thioether (sulfide) groups is 1. The van der Waals surface area contributed by atoms with Crippen LogP contribution in [0.3, 0.4) is 0 Å². The SMILES string of the molecule is OCCSC(C#Cc1ccccc1)c1ccccc1. The lowest BCUT2D eigenvalue weighted by molar-refractivity contribution is 0.322. The summed E-state index contributed by atoms with van der Waals surface area (Å²) >= 11 is 1.67. The summed E-state index contributed by atoms with van der Waals surface area (Å²) in [5.74, 6) is 7.19. The molecular formula is C17H16OS. The van der Waals surface area contributed by atoms with Crippen LogP contribution in [0, 0.1) is 11.8 Å². The molecule has 0 bridgehead atoms. The van der Waals surface area contributed by atoms with E-state index in [0.29, 0.717) is 5.75 Å². The van der Waals surface area contributed by atoms with Gasteiger partial charge in [-0.15, -0.1) is 11.8 Å². The second-order valence-corrected chi connectivity index (χ2v) is 5.23. The Balaban J connectivity index is 2.17. The lowest BCUT2D eigenvalue weighted by Crippen LogP contribution is -1.95. The highest BCUT2D eigenvalue weighted by atomic mass is 32.2. The molecule has 1 N–H and O–H groups in total. The zero-order valence-corrected chi connectivity index (χ0v) is 11.4. The maximum atomic E-state index is 8.98. The Bertz CT molecular complexity index is 540. The van der Waals surface area contributed by atoms with Crippen molar-refractivity contribution in [1.29, 1.82) is 0 Å². The average Bonchev–Trinajstić information content (AvgIpc) is 2.49. The van der Waals surface area contributed by atoms with E-state index < -0.39 is 0 Å². The van der Waals surface area contributed by atoms with Gasteiger partial charge in [-0.25, -0.2) is 0 Å². The van der Waals surface area contributed by atoms with Crippen LogP contribution in [0.2, 0.25) is 0 Å². The van der Waals surface area contributed by atoms with Crippen molar-refractivity contribution in [3.63, 3.8) is 0 Å². The van der Waals surface area contributed by atoms with Crippen LogP contribution in [0.1, 0.15) is 16.4 Å². The van der Waals surface area contributed by atoms with E-state index in [1.54, 1.807) is 11.8 Å². The number of rotatable bonds is 4. The molecule has 0 fully saturated rings. The van der Waals surface area contributed by atoms with Crippen molar-refractivity contribution >= 4 is 11.8 Å². The normalized spacial score (nSPS) is 11.4. The molecule has 1 nitrogen and oxygen atoms in total. The molecule has 0 heterocycles. The number of aliphatic hydroxyl groups is 1. The zero-order valence-electron chi connectivity index (χ0n) is 10.6. The molecule has 0 aliphatic heterocycles. The van der Waals surface area contributed by atoms with Crippen molar-refractivity contribution in [2.45, 2.75) is 5.25 Å². The van der Waals surface area contributed by atoms with Crippen LogP contribution in [-0.4, -0.2) is 17.5 Å². The largest absolute Gasteiger partial charge is 0.396 e. The van der Waals surface area contributed by atoms with E-state index in [1.165, 1.54) is 5.56 Å². The van der Waals surface area contributed by atoms with Crippen molar-refractivity contribution in [3.8, 4) is 11.8 Å². The quantitative estimate of drug-likeness (QED) is 0.856. The number of hydrogen-bond donors (Lipinski definition) is 1. The average molecular weight is 268 g/mol. The molecule has 0 radical (unpaired) electrons. The van der Waals surface area contributed by atoms with Gasteiger partial charge in [0.15, 0.2) is 0 Å². The third-order valence-electron chi connectivity index (χ3n) is 2.60. The van der Waals surface area contributed by atoms with E-state index in [-0.39, 0.29) is 11.9 Å². The molecule has 0 amide bonds. The van der Waals surface area contributed by atoms with E-state index in [0.717, 1.165) is 5.56 Å². The minimum Gasteiger partial charge on any atom is -0.396 e. The highest BCUT2D eigenvalue weighted by Crippen LogP contribution is 2.27. The summed E-state index contributed by atoms with van der Waals surface area (Å²) < 4.78 is 0. The fraction of sp³-hybridized carbons (Fsp3) is 0.176. The number of benzene rings is 2. The van der Waals surface area contributed by atoms with Gasteiger partial charge < -0.3 is 5.11 Å². The summed E-state index contributed by atoms with van der Waals surface area (Å²) in [6, 6.07) is 20.2. The second kappa shape index (κ2) is 7.68. The van der Waals surface area contributed by atoms with Crippen molar-refractivity contribution in [3.05, 3.63) is 71.8 Å². The van der Waals surface area contributed by atoms with Crippen molar-refractivity contribution in [2.24, 2.45) is 0 Å². The maximum Gasteiger partial charge on any atom is 0.0910 e. The highest BCUT2D eigenvalue weighted by Gasteiger charge is 2.07. The predicted molar refractivity (Wildman–Crippen MR) is 82.0 cm³/mol. The molecule has 0 saturated carbocycles. The highest BCUT2D eigenvalue weighted by molar-refractivity contribution is 7.99. The van der Waals surface area contributed by atoms with Crippen molar-refractivity contribution < 1.29 is 5.11 Å². The molecule has 0 aliphatic carbocycles. The molecule has 96 valence electrons. The standard InChI is InChI=1S/C17H16OS/c18-13-14-19-17(16-9-5-2-6-10-16)12-11-15-7-3-1-4-8-15/h1-10,17-18H,13-14H2. The maximum absolute atomic E-state index is 8.98. The second-order valence-electron chi connectivity index (χ2n) is 4.02. The lowest BCUT2D eigenvalue weighted by Gasteiger charge is -2.09. The first kappa shape index (κ1) is 13.7. The molecule has 2 rings (SSSR count). The van der Waals surface area contributed by atoms with Gasteiger partial charge in [0.05, 0.1) is 11.9 Å². The van der Waals surface area contributed by atoms with E-state index in [1.807, 2.05) is 48.5 Å². The first-order chi connectivity index (χ1) is 9.40. The predicted octanol–water partition coefficient (Wildman–Crippen LogP) is 3.50. The van der Waals surface area contributed by atoms with Gasteiger partial charge in [-0.2, -0.15) is 0 Å². The molecule has 0 saturated heterocycles. The molecule has 1 atom stereocenters. The van der Waals surface area contributed by atoms with Crippen LogP contribution in [0.4, 0.5) is 0 Å². The van der Waals surface area contributed by atoms with Crippen LogP contribution in [-0.2, 0) is 0 Å².